The van der Waals surface area contributed by atoms with Crippen molar-refractivity contribution >= 4 is 25.3 Å². The zero-order valence-electron chi connectivity index (χ0n) is 25.0. The van der Waals surface area contributed by atoms with E-state index >= 15 is 0 Å². The van der Waals surface area contributed by atoms with E-state index in [2.05, 4.69) is 9.99 Å². The summed E-state index contributed by atoms with van der Waals surface area (Å²) in [6, 6.07) is 18.9. The Hall–Kier alpha value is -4.28. The van der Waals surface area contributed by atoms with E-state index in [1.165, 1.54) is 0 Å². The smallest absolute Gasteiger partial charge is 0.381 e. The van der Waals surface area contributed by atoms with Crippen LogP contribution in [0.25, 0.3) is 21.9 Å². The lowest BCUT2D eigenvalue weighted by Crippen LogP contribution is -2.39. The Morgan fingerprint density at radius 1 is 0.844 bits per heavy atom. The molecular weight excluding hydrogens is 599 g/mol. The number of esters is 1. The summed E-state index contributed by atoms with van der Waals surface area (Å²) in [5.74, 6) is 2.90. The van der Waals surface area contributed by atoms with Gasteiger partial charge in [0, 0.05) is 48.9 Å². The molecule has 0 aromatic heterocycles. The van der Waals surface area contributed by atoms with E-state index in [1.807, 2.05) is 54.6 Å². The lowest BCUT2D eigenvalue weighted by atomic mass is 9.89. The van der Waals surface area contributed by atoms with E-state index in [-0.39, 0.29) is 13.4 Å². The van der Waals surface area contributed by atoms with E-state index in [1.54, 1.807) is 20.3 Å². The first-order valence-corrected chi connectivity index (χ1v) is 15.9. The average Bonchev–Trinajstić information content (AvgIpc) is 3.69. The van der Waals surface area contributed by atoms with E-state index in [9.17, 15) is 4.79 Å². The van der Waals surface area contributed by atoms with Gasteiger partial charge in [0.1, 0.15) is 18.1 Å². The Bertz CT molecular complexity index is 1710. The Balaban J connectivity index is 1.32. The minimum Gasteiger partial charge on any atom is -0.493 e. The molecule has 12 heteroatoms. The molecule has 234 valence electrons. The van der Waals surface area contributed by atoms with Crippen molar-refractivity contribution in [3.05, 3.63) is 71.8 Å². The van der Waals surface area contributed by atoms with E-state index in [0.717, 1.165) is 49.2 Å². The molecule has 3 heterocycles. The maximum atomic E-state index is 13.3. The molecule has 1 fully saturated rings. The fourth-order valence-electron chi connectivity index (χ4n) is 5.70. The molecule has 1 N–H and O–H groups in total. The number of nitrogens with one attached hydrogen (secondary N) is 1. The summed E-state index contributed by atoms with van der Waals surface area (Å²) in [6.07, 6.45) is 0. The van der Waals surface area contributed by atoms with Crippen molar-refractivity contribution < 1.29 is 42.3 Å². The van der Waals surface area contributed by atoms with Gasteiger partial charge in [-0.25, -0.2) is 9.88 Å². The fourth-order valence-corrected chi connectivity index (χ4v) is 6.79. The van der Waals surface area contributed by atoms with Gasteiger partial charge >= 0.3 is 14.5 Å². The molecule has 0 amide bonds. The average molecular weight is 633 g/mol. The predicted octanol–water partition coefficient (Wildman–Crippen LogP) is 5.53. The van der Waals surface area contributed by atoms with Crippen molar-refractivity contribution in [2.24, 2.45) is 0 Å². The second-order valence-corrected chi connectivity index (χ2v) is 11.8. The molecule has 0 aliphatic carbocycles. The number of fused-ring (bicyclic) bond motifs is 3. The third-order valence-corrected chi connectivity index (χ3v) is 9.14. The van der Waals surface area contributed by atoms with Crippen LogP contribution in [-0.4, -0.2) is 71.3 Å². The third-order valence-electron chi connectivity index (χ3n) is 7.92. The lowest BCUT2D eigenvalue weighted by molar-refractivity contribution is 0.0389. The minimum atomic E-state index is -1.70. The van der Waals surface area contributed by atoms with Gasteiger partial charge in [-0.05, 0) is 47.2 Å². The van der Waals surface area contributed by atoms with Crippen LogP contribution in [0.1, 0.15) is 15.9 Å². The second kappa shape index (κ2) is 13.0. The number of hydrogen-bond acceptors (Lipinski definition) is 11. The summed E-state index contributed by atoms with van der Waals surface area (Å²) in [7, 11) is 1.48. The Morgan fingerprint density at radius 3 is 2.38 bits per heavy atom. The highest BCUT2D eigenvalue weighted by atomic mass is 31.2. The van der Waals surface area contributed by atoms with E-state index in [0.29, 0.717) is 57.7 Å². The van der Waals surface area contributed by atoms with Crippen molar-refractivity contribution in [2.45, 2.75) is 6.61 Å². The number of carbonyl (C=O) groups excluding carboxylic acids is 1. The van der Waals surface area contributed by atoms with Gasteiger partial charge in [-0.1, -0.05) is 18.2 Å². The zero-order valence-corrected chi connectivity index (χ0v) is 25.9. The van der Waals surface area contributed by atoms with Crippen LogP contribution in [0.4, 0.5) is 0 Å². The molecule has 4 aromatic rings. The molecule has 3 aliphatic heterocycles. The standard InChI is InChI=1S/C33H33N2O9P/c1-37-27-15-21-14-22-19-40-33(36)31(22)32(24(21)16-28(27)38-2)25-17-29-30(42-20-41-29)18-26(25)44-45(43-23-6-4-3-5-7-23)34-8-9-35-10-12-39-13-11-35/h3-7,14-18,34H,8-13,19-20H2,1-2H3. The maximum absolute atomic E-state index is 13.3. The highest BCUT2D eigenvalue weighted by molar-refractivity contribution is 7.45. The fraction of sp³-hybridized carbons (Fsp3) is 0.303. The number of carbonyl (C=O) groups is 1. The number of nitrogens with zero attached hydrogens (tertiary/aromatic N) is 1. The van der Waals surface area contributed by atoms with Crippen LogP contribution >= 0.6 is 8.53 Å². The summed E-state index contributed by atoms with van der Waals surface area (Å²) in [4.78, 5) is 15.6. The van der Waals surface area contributed by atoms with Crippen LogP contribution in [0.5, 0.6) is 34.5 Å². The minimum absolute atomic E-state index is 0.0754. The number of benzene rings is 4. The predicted molar refractivity (Wildman–Crippen MR) is 168 cm³/mol. The molecule has 45 heavy (non-hydrogen) atoms. The first-order valence-electron chi connectivity index (χ1n) is 14.7. The van der Waals surface area contributed by atoms with Crippen LogP contribution in [0, 0.1) is 0 Å². The Labute approximate surface area is 261 Å². The summed E-state index contributed by atoms with van der Waals surface area (Å²) in [5, 5.41) is 5.10. The van der Waals surface area contributed by atoms with Crippen molar-refractivity contribution in [1.29, 1.82) is 0 Å². The van der Waals surface area contributed by atoms with Crippen LogP contribution in [0.2, 0.25) is 0 Å². The third kappa shape index (κ3) is 6.04. The second-order valence-electron chi connectivity index (χ2n) is 10.6. The molecule has 0 saturated carbocycles. The molecule has 3 aliphatic rings. The summed E-state index contributed by atoms with van der Waals surface area (Å²) in [5.41, 5.74) is 2.50. The van der Waals surface area contributed by atoms with Gasteiger partial charge in [0.15, 0.2) is 23.0 Å². The van der Waals surface area contributed by atoms with Crippen molar-refractivity contribution in [3.8, 4) is 45.6 Å². The molecule has 1 unspecified atom stereocenters. The van der Waals surface area contributed by atoms with Gasteiger partial charge in [0.05, 0.1) is 33.0 Å². The number of morpholine rings is 1. The number of methoxy groups -OCH3 is 2. The molecule has 1 atom stereocenters. The quantitative estimate of drug-likeness (QED) is 0.167. The number of ether oxygens (including phenoxy) is 6. The monoisotopic (exact) mass is 632 g/mol. The molecule has 11 nitrogen and oxygen atoms in total. The van der Waals surface area contributed by atoms with Crippen LogP contribution in [-0.2, 0) is 16.1 Å². The highest BCUT2D eigenvalue weighted by Gasteiger charge is 2.32. The van der Waals surface area contributed by atoms with Crippen molar-refractivity contribution in [2.75, 3.05) is 60.4 Å². The molecule has 4 aromatic carbocycles. The zero-order chi connectivity index (χ0) is 30.8. The SMILES string of the molecule is COc1cc2cc3c(c(-c4cc5c(cc4OP(NCCN4CCOCC4)Oc4ccccc4)OCO5)c2cc1OC)C(=O)OC3. The Morgan fingerprint density at radius 2 is 1.60 bits per heavy atom. The Kier molecular flexibility index (Phi) is 8.49. The van der Waals surface area contributed by atoms with Gasteiger partial charge in [0.2, 0.25) is 6.79 Å². The summed E-state index contributed by atoms with van der Waals surface area (Å²) < 4.78 is 46.9. The van der Waals surface area contributed by atoms with E-state index in [4.69, 9.17) is 37.5 Å². The number of cyclic esters (lactones) is 1. The van der Waals surface area contributed by atoms with Gasteiger partial charge < -0.3 is 37.5 Å². The number of rotatable bonds is 11. The largest absolute Gasteiger partial charge is 0.493 e. The number of hydrogen-bond donors (Lipinski definition) is 1. The van der Waals surface area contributed by atoms with Gasteiger partial charge in [-0.15, -0.1) is 0 Å². The maximum Gasteiger partial charge on any atom is 0.381 e. The summed E-state index contributed by atoms with van der Waals surface area (Å²) in [6.45, 7) is 4.88. The molecule has 0 bridgehead atoms. The number of para-hydroxylation sites is 1. The van der Waals surface area contributed by atoms with Crippen molar-refractivity contribution in [1.82, 2.24) is 9.99 Å². The van der Waals surface area contributed by atoms with Crippen LogP contribution in [0.3, 0.4) is 0 Å². The first-order chi connectivity index (χ1) is 22.1. The molecular formula is C33H33N2O9P. The van der Waals surface area contributed by atoms with Crippen LogP contribution in [0.15, 0.2) is 60.7 Å². The van der Waals surface area contributed by atoms with Gasteiger partial charge in [0.25, 0.3) is 0 Å². The molecule has 0 radical (unpaired) electrons. The van der Waals surface area contributed by atoms with Gasteiger partial charge in [-0.2, -0.15) is 0 Å². The summed E-state index contributed by atoms with van der Waals surface area (Å²) >= 11 is 0. The normalized spacial score (nSPS) is 16.3. The first kappa shape index (κ1) is 29.4. The van der Waals surface area contributed by atoms with Crippen molar-refractivity contribution in [3.63, 3.8) is 0 Å². The molecule has 0 spiro atoms. The van der Waals surface area contributed by atoms with Crippen LogP contribution < -0.4 is 33.1 Å². The highest BCUT2D eigenvalue weighted by Crippen LogP contribution is 2.51. The molecule has 1 saturated heterocycles. The van der Waals surface area contributed by atoms with Gasteiger partial charge in [-0.3, -0.25) is 4.90 Å². The van der Waals surface area contributed by atoms with E-state index < -0.39 is 14.5 Å². The molecule has 7 rings (SSSR count). The topological polar surface area (TPSA) is 106 Å². The lowest BCUT2D eigenvalue weighted by Gasteiger charge is -2.27.